The number of carbonyl (C=O) groups is 3. The molecular weight excluding hydrogens is 446 g/mol. The van der Waals surface area contributed by atoms with Crippen molar-refractivity contribution in [3.8, 4) is 0 Å². The number of hydrogen-bond donors (Lipinski definition) is 2. The fourth-order valence-corrected chi connectivity index (χ4v) is 4.44. The second kappa shape index (κ2) is 22.6. The zero-order chi connectivity index (χ0) is 26.2. The third kappa shape index (κ3) is 22.3. The first-order chi connectivity index (χ1) is 16.8. The Balaban J connectivity index is 4.11. The van der Waals surface area contributed by atoms with Gasteiger partial charge in [-0.15, -0.1) is 0 Å². The summed E-state index contributed by atoms with van der Waals surface area (Å²) in [5.41, 5.74) is 0. The molecule has 0 fully saturated rings. The van der Waals surface area contributed by atoms with Crippen LogP contribution in [0.15, 0.2) is 12.3 Å². The van der Waals surface area contributed by atoms with Gasteiger partial charge in [0.2, 0.25) is 0 Å². The van der Waals surface area contributed by atoms with E-state index in [1.54, 1.807) is 0 Å². The zero-order valence-electron chi connectivity index (χ0n) is 22.2. The van der Waals surface area contributed by atoms with E-state index in [1.807, 2.05) is 12.3 Å². The highest BCUT2D eigenvalue weighted by Crippen LogP contribution is 2.16. The van der Waals surface area contributed by atoms with E-state index in [4.69, 9.17) is 10.2 Å². The van der Waals surface area contributed by atoms with E-state index < -0.39 is 17.9 Å². The van der Waals surface area contributed by atoms with Crippen LogP contribution < -0.4 is 5.11 Å². The Morgan fingerprint density at radius 2 is 1.00 bits per heavy atom. The number of aliphatic carboxylic acids is 3. The lowest BCUT2D eigenvalue weighted by atomic mass is 10.0. The van der Waals surface area contributed by atoms with Gasteiger partial charge >= 0.3 is 11.9 Å². The molecule has 0 amide bonds. The quantitative estimate of drug-likeness (QED) is 0.118. The molecule has 0 aromatic heterocycles. The topological polar surface area (TPSA) is 115 Å². The molecule has 0 aliphatic carbocycles. The molecule has 7 nitrogen and oxygen atoms in total. The minimum atomic E-state index is -1.21. The number of nitrogens with zero attached hydrogens (tertiary/aromatic N) is 1. The SMILES string of the molecule is CCCCCCCCCCCCCCCCC/C=C/[N+](CCC(=O)[O-])(CCC(=O)O)CCC(=O)O. The van der Waals surface area contributed by atoms with Crippen LogP contribution in [0.25, 0.3) is 0 Å². The van der Waals surface area contributed by atoms with Crippen LogP contribution in [0, 0.1) is 0 Å². The first kappa shape index (κ1) is 33.1. The van der Waals surface area contributed by atoms with Crippen LogP contribution in [0.5, 0.6) is 0 Å². The minimum absolute atomic E-state index is 0.0469. The Labute approximate surface area is 213 Å². The summed E-state index contributed by atoms with van der Waals surface area (Å²) in [6, 6.07) is 0. The van der Waals surface area contributed by atoms with Gasteiger partial charge in [-0.25, -0.2) is 0 Å². The van der Waals surface area contributed by atoms with E-state index >= 15 is 0 Å². The summed E-state index contributed by atoms with van der Waals surface area (Å²) in [6.45, 7) is 2.74. The zero-order valence-corrected chi connectivity index (χ0v) is 22.2. The molecule has 0 radical (unpaired) electrons. The van der Waals surface area contributed by atoms with E-state index in [0.717, 1.165) is 19.3 Å². The average molecular weight is 498 g/mol. The van der Waals surface area contributed by atoms with Crippen molar-refractivity contribution in [2.75, 3.05) is 19.6 Å². The normalized spacial score (nSPS) is 11.8. The lowest BCUT2D eigenvalue weighted by Gasteiger charge is -2.34. The number of carbonyl (C=O) groups excluding carboxylic acids is 1. The van der Waals surface area contributed by atoms with Gasteiger partial charge in [-0.1, -0.05) is 96.8 Å². The molecule has 0 atom stereocenters. The van der Waals surface area contributed by atoms with Crippen molar-refractivity contribution >= 4 is 17.9 Å². The third-order valence-electron chi connectivity index (χ3n) is 6.70. The first-order valence-electron chi connectivity index (χ1n) is 14.0. The van der Waals surface area contributed by atoms with Gasteiger partial charge in [0.25, 0.3) is 0 Å². The molecule has 0 saturated carbocycles. The predicted octanol–water partition coefficient (Wildman–Crippen LogP) is 5.67. The van der Waals surface area contributed by atoms with Crippen LogP contribution in [-0.4, -0.2) is 52.2 Å². The standard InChI is InChI=1S/C28H51NO6/c1-2-3-4-5-6-7-8-9-10-11-12-13-14-15-16-17-18-22-29(23-19-26(30)31,24-20-27(32)33)25-21-28(34)35/h18,22H,2-17,19-21,23-25H2,1H3,(H2-,30,31,32,33,34,35)/b22-18+. The molecule has 0 aliphatic rings. The molecule has 0 rings (SSSR count). The molecule has 2 N–H and O–H groups in total. The molecule has 0 aliphatic heterocycles. The summed E-state index contributed by atoms with van der Waals surface area (Å²) >= 11 is 0. The van der Waals surface area contributed by atoms with Crippen LogP contribution in [0.4, 0.5) is 0 Å². The maximum absolute atomic E-state index is 11.1. The number of allylic oxidation sites excluding steroid dienone is 1. The molecule has 0 bridgehead atoms. The van der Waals surface area contributed by atoms with Crippen molar-refractivity contribution in [2.45, 2.75) is 129 Å². The summed E-state index contributed by atoms with van der Waals surface area (Å²) in [4.78, 5) is 33.1. The molecule has 0 aromatic rings. The molecule has 204 valence electrons. The molecule has 0 unspecified atom stereocenters. The van der Waals surface area contributed by atoms with Crippen LogP contribution in [0.2, 0.25) is 0 Å². The second-order valence-electron chi connectivity index (χ2n) is 9.92. The Morgan fingerprint density at radius 3 is 1.37 bits per heavy atom. The minimum Gasteiger partial charge on any atom is -0.550 e. The maximum atomic E-state index is 11.1. The van der Waals surface area contributed by atoms with Gasteiger partial charge in [0.15, 0.2) is 0 Å². The lowest BCUT2D eigenvalue weighted by molar-refractivity contribution is -0.878. The third-order valence-corrected chi connectivity index (χ3v) is 6.70. The Hall–Kier alpha value is -1.89. The summed E-state index contributed by atoms with van der Waals surface area (Å²) in [5, 5.41) is 29.1. The summed E-state index contributed by atoms with van der Waals surface area (Å²) in [7, 11) is 0. The largest absolute Gasteiger partial charge is 0.550 e. The van der Waals surface area contributed by atoms with Gasteiger partial charge in [-0.2, -0.15) is 0 Å². The number of quaternary nitrogens is 1. The van der Waals surface area contributed by atoms with Crippen molar-refractivity contribution in [2.24, 2.45) is 0 Å². The highest BCUT2D eigenvalue weighted by Gasteiger charge is 2.26. The Bertz CT molecular complexity index is 544. The van der Waals surface area contributed by atoms with E-state index in [-0.39, 0.29) is 43.4 Å². The molecule has 7 heteroatoms. The molecule has 0 heterocycles. The van der Waals surface area contributed by atoms with E-state index in [0.29, 0.717) is 0 Å². The van der Waals surface area contributed by atoms with Gasteiger partial charge in [-0.3, -0.25) is 14.1 Å². The van der Waals surface area contributed by atoms with E-state index in [1.165, 1.54) is 83.5 Å². The summed E-state index contributed by atoms with van der Waals surface area (Å²) < 4.78 is 0.0469. The fraction of sp³-hybridized carbons (Fsp3) is 0.821. The van der Waals surface area contributed by atoms with Gasteiger partial charge in [-0.05, 0) is 18.9 Å². The number of hydrogen-bond acceptors (Lipinski definition) is 4. The molecule has 0 spiro atoms. The fourth-order valence-electron chi connectivity index (χ4n) is 4.44. The highest BCUT2D eigenvalue weighted by atomic mass is 16.4. The Morgan fingerprint density at radius 1 is 0.629 bits per heavy atom. The lowest BCUT2D eigenvalue weighted by Crippen LogP contribution is -2.48. The average Bonchev–Trinajstić information content (AvgIpc) is 2.81. The summed E-state index contributed by atoms with van der Waals surface area (Å²) in [6.07, 6.45) is 23.6. The highest BCUT2D eigenvalue weighted by molar-refractivity contribution is 5.67. The van der Waals surface area contributed by atoms with Crippen molar-refractivity contribution in [1.29, 1.82) is 0 Å². The predicted molar refractivity (Wildman–Crippen MR) is 138 cm³/mol. The van der Waals surface area contributed by atoms with Gasteiger partial charge in [0.1, 0.15) is 0 Å². The van der Waals surface area contributed by atoms with Crippen molar-refractivity contribution < 1.29 is 34.2 Å². The number of carboxylic acids is 3. The first-order valence-corrected chi connectivity index (χ1v) is 14.0. The van der Waals surface area contributed by atoms with Crippen LogP contribution in [0.3, 0.4) is 0 Å². The van der Waals surface area contributed by atoms with Crippen molar-refractivity contribution in [3.63, 3.8) is 0 Å². The van der Waals surface area contributed by atoms with Crippen LogP contribution in [-0.2, 0) is 14.4 Å². The Kier molecular flexibility index (Phi) is 21.3. The second-order valence-corrected chi connectivity index (χ2v) is 9.92. The molecule has 0 aromatic carbocycles. The summed E-state index contributed by atoms with van der Waals surface area (Å²) in [5.74, 6) is -3.17. The van der Waals surface area contributed by atoms with Crippen molar-refractivity contribution in [1.82, 2.24) is 0 Å². The van der Waals surface area contributed by atoms with Gasteiger partial charge in [0.05, 0.1) is 38.7 Å². The molecular formula is C28H51NO6. The van der Waals surface area contributed by atoms with Crippen LogP contribution >= 0.6 is 0 Å². The van der Waals surface area contributed by atoms with E-state index in [2.05, 4.69) is 6.92 Å². The number of unbranched alkanes of at least 4 members (excludes halogenated alkanes) is 15. The number of rotatable bonds is 26. The van der Waals surface area contributed by atoms with Gasteiger partial charge in [0, 0.05) is 12.4 Å². The molecule has 0 saturated heterocycles. The van der Waals surface area contributed by atoms with Crippen molar-refractivity contribution in [3.05, 3.63) is 12.3 Å². The molecule has 35 heavy (non-hydrogen) atoms. The maximum Gasteiger partial charge on any atom is 0.309 e. The smallest absolute Gasteiger partial charge is 0.309 e. The monoisotopic (exact) mass is 497 g/mol. The van der Waals surface area contributed by atoms with E-state index in [9.17, 15) is 19.5 Å². The van der Waals surface area contributed by atoms with Crippen LogP contribution in [0.1, 0.15) is 129 Å². The van der Waals surface area contributed by atoms with Gasteiger partial charge < -0.3 is 20.1 Å². The number of carboxylic acid groups (broad SMARTS) is 3.